The number of nitrogens with zero attached hydrogens (tertiary/aromatic N) is 1. The molecule has 1 heterocycles. The summed E-state index contributed by atoms with van der Waals surface area (Å²) in [6, 6.07) is 7.23. The number of anilines is 1. The summed E-state index contributed by atoms with van der Waals surface area (Å²) in [5.41, 5.74) is 0.683. The molecule has 1 aromatic rings. The van der Waals surface area contributed by atoms with Crippen molar-refractivity contribution in [3.63, 3.8) is 0 Å². The van der Waals surface area contributed by atoms with Crippen LogP contribution in [0, 0.1) is 0 Å². The summed E-state index contributed by atoms with van der Waals surface area (Å²) >= 11 is 0. The average Bonchev–Trinajstić information content (AvgIpc) is 2.83. The van der Waals surface area contributed by atoms with Gasteiger partial charge < -0.3 is 15.3 Å². The molecule has 1 fully saturated rings. The molecule has 5 nitrogen and oxygen atoms in total. The van der Waals surface area contributed by atoms with Crippen molar-refractivity contribution < 1.29 is 14.7 Å². The molecule has 0 spiro atoms. The fourth-order valence-electron chi connectivity index (χ4n) is 2.64. The van der Waals surface area contributed by atoms with Gasteiger partial charge in [-0.05, 0) is 37.8 Å². The van der Waals surface area contributed by atoms with Crippen LogP contribution in [-0.4, -0.2) is 34.1 Å². The molecule has 0 saturated carbocycles. The minimum Gasteiger partial charge on any atom is -0.480 e. The molecule has 1 saturated heterocycles. The predicted molar refractivity (Wildman–Crippen MR) is 76.8 cm³/mol. The second kappa shape index (κ2) is 5.53. The molecule has 0 aromatic heterocycles. The van der Waals surface area contributed by atoms with Crippen molar-refractivity contribution in [1.29, 1.82) is 0 Å². The van der Waals surface area contributed by atoms with Gasteiger partial charge in [0, 0.05) is 12.2 Å². The highest BCUT2D eigenvalue weighted by atomic mass is 16.4. The molecular weight excluding hydrogens is 256 g/mol. The maximum absolute atomic E-state index is 12.4. The second-order valence-electron chi connectivity index (χ2n) is 5.28. The molecule has 0 radical (unpaired) electrons. The quantitative estimate of drug-likeness (QED) is 0.891. The van der Waals surface area contributed by atoms with Crippen molar-refractivity contribution in [3.05, 3.63) is 29.8 Å². The Morgan fingerprint density at radius 3 is 2.75 bits per heavy atom. The van der Waals surface area contributed by atoms with E-state index in [0.717, 1.165) is 17.7 Å². The minimum absolute atomic E-state index is 0.340. The van der Waals surface area contributed by atoms with Crippen molar-refractivity contribution in [3.8, 4) is 0 Å². The van der Waals surface area contributed by atoms with Crippen LogP contribution >= 0.6 is 0 Å². The van der Waals surface area contributed by atoms with E-state index in [-0.39, 0.29) is 6.03 Å². The third kappa shape index (κ3) is 2.48. The molecular formula is C15H20N2O3. The van der Waals surface area contributed by atoms with Gasteiger partial charge >= 0.3 is 12.0 Å². The largest absolute Gasteiger partial charge is 0.480 e. The molecule has 108 valence electrons. The number of aliphatic carboxylic acids is 1. The van der Waals surface area contributed by atoms with Crippen molar-refractivity contribution in [2.45, 2.75) is 38.6 Å². The van der Waals surface area contributed by atoms with E-state index >= 15 is 0 Å². The molecule has 20 heavy (non-hydrogen) atoms. The van der Waals surface area contributed by atoms with Crippen LogP contribution in [0.15, 0.2) is 24.3 Å². The lowest BCUT2D eigenvalue weighted by atomic mass is 10.00. The average molecular weight is 276 g/mol. The Balaban J connectivity index is 2.18. The normalized spacial score (nSPS) is 21.8. The molecule has 2 rings (SSSR count). The van der Waals surface area contributed by atoms with Crippen LogP contribution in [0.4, 0.5) is 10.5 Å². The number of hydrogen-bond donors (Lipinski definition) is 2. The SMILES string of the molecule is CCc1ccccc1NC(=O)N1CCCC1(C)C(=O)O. The number of hydrogen-bond acceptors (Lipinski definition) is 2. The zero-order valence-electron chi connectivity index (χ0n) is 11.8. The first kappa shape index (κ1) is 14.4. The van der Waals surface area contributed by atoms with Crippen LogP contribution in [0.2, 0.25) is 0 Å². The summed E-state index contributed by atoms with van der Waals surface area (Å²) in [4.78, 5) is 25.2. The van der Waals surface area contributed by atoms with Crippen molar-refractivity contribution in [1.82, 2.24) is 4.90 Å². The van der Waals surface area contributed by atoms with Gasteiger partial charge in [0.25, 0.3) is 0 Å². The van der Waals surface area contributed by atoms with Crippen LogP contribution in [0.25, 0.3) is 0 Å². The number of rotatable bonds is 3. The van der Waals surface area contributed by atoms with Gasteiger partial charge in [-0.25, -0.2) is 9.59 Å². The van der Waals surface area contributed by atoms with E-state index in [0.29, 0.717) is 19.4 Å². The maximum Gasteiger partial charge on any atom is 0.329 e. The van der Waals surface area contributed by atoms with E-state index in [4.69, 9.17) is 0 Å². The van der Waals surface area contributed by atoms with Crippen LogP contribution in [0.1, 0.15) is 32.3 Å². The van der Waals surface area contributed by atoms with E-state index in [1.165, 1.54) is 4.90 Å². The lowest BCUT2D eigenvalue weighted by Crippen LogP contribution is -2.52. The van der Waals surface area contributed by atoms with Gasteiger partial charge in [0.05, 0.1) is 0 Å². The number of aryl methyl sites for hydroxylation is 1. The smallest absolute Gasteiger partial charge is 0.329 e. The predicted octanol–water partition coefficient (Wildman–Crippen LogP) is 2.72. The first-order chi connectivity index (χ1) is 9.49. The van der Waals surface area contributed by atoms with Gasteiger partial charge in [-0.2, -0.15) is 0 Å². The number of carboxylic acid groups (broad SMARTS) is 1. The van der Waals surface area contributed by atoms with Gasteiger partial charge in [0.15, 0.2) is 0 Å². The Kier molecular flexibility index (Phi) is 3.97. The number of urea groups is 1. The lowest BCUT2D eigenvalue weighted by molar-refractivity contribution is -0.146. The zero-order valence-corrected chi connectivity index (χ0v) is 11.8. The van der Waals surface area contributed by atoms with Gasteiger partial charge in [-0.1, -0.05) is 25.1 Å². The Bertz CT molecular complexity index is 530. The van der Waals surface area contributed by atoms with Crippen molar-refractivity contribution in [2.24, 2.45) is 0 Å². The van der Waals surface area contributed by atoms with Crippen LogP contribution in [0.5, 0.6) is 0 Å². The number of carboxylic acids is 1. The molecule has 1 aliphatic rings. The van der Waals surface area contributed by atoms with Crippen molar-refractivity contribution in [2.75, 3.05) is 11.9 Å². The second-order valence-corrected chi connectivity index (χ2v) is 5.28. The Morgan fingerprint density at radius 1 is 1.40 bits per heavy atom. The maximum atomic E-state index is 12.4. The fourth-order valence-corrected chi connectivity index (χ4v) is 2.64. The molecule has 0 bridgehead atoms. The molecule has 1 unspecified atom stereocenters. The highest BCUT2D eigenvalue weighted by Gasteiger charge is 2.46. The van der Waals surface area contributed by atoms with Gasteiger partial charge in [0.2, 0.25) is 0 Å². The highest BCUT2D eigenvalue weighted by molar-refractivity contribution is 5.94. The summed E-state index contributed by atoms with van der Waals surface area (Å²) in [7, 11) is 0. The number of benzene rings is 1. The molecule has 1 aliphatic heterocycles. The summed E-state index contributed by atoms with van der Waals surface area (Å²) in [5.74, 6) is -0.950. The Morgan fingerprint density at radius 2 is 2.10 bits per heavy atom. The standard InChI is InChI=1S/C15H20N2O3/c1-3-11-7-4-5-8-12(11)16-14(20)17-10-6-9-15(17,2)13(18)19/h4-5,7-8H,3,6,9-10H2,1-2H3,(H,16,20)(H,18,19). The first-order valence-electron chi connectivity index (χ1n) is 6.89. The van der Waals surface area contributed by atoms with Crippen molar-refractivity contribution >= 4 is 17.7 Å². The zero-order chi connectivity index (χ0) is 14.8. The summed E-state index contributed by atoms with van der Waals surface area (Å²) < 4.78 is 0. The van der Waals surface area contributed by atoms with E-state index in [9.17, 15) is 14.7 Å². The molecule has 5 heteroatoms. The number of likely N-dealkylation sites (tertiary alicyclic amines) is 1. The topological polar surface area (TPSA) is 69.6 Å². The number of carbonyl (C=O) groups is 2. The molecule has 2 amide bonds. The highest BCUT2D eigenvalue weighted by Crippen LogP contribution is 2.30. The molecule has 1 atom stereocenters. The van der Waals surface area contributed by atoms with E-state index in [1.54, 1.807) is 6.92 Å². The third-order valence-electron chi connectivity index (χ3n) is 3.99. The monoisotopic (exact) mass is 276 g/mol. The summed E-state index contributed by atoms with van der Waals surface area (Å²) in [6.45, 7) is 4.10. The van der Waals surface area contributed by atoms with Crippen LogP contribution in [0.3, 0.4) is 0 Å². The van der Waals surface area contributed by atoms with E-state index < -0.39 is 11.5 Å². The number of nitrogens with one attached hydrogen (secondary N) is 1. The third-order valence-corrected chi connectivity index (χ3v) is 3.99. The lowest BCUT2D eigenvalue weighted by Gasteiger charge is -2.31. The number of para-hydroxylation sites is 1. The molecule has 0 aliphatic carbocycles. The minimum atomic E-state index is -1.11. The number of amides is 2. The Hall–Kier alpha value is -2.04. The molecule has 1 aromatic carbocycles. The van der Waals surface area contributed by atoms with Gasteiger partial charge in [0.1, 0.15) is 5.54 Å². The summed E-state index contributed by atoms with van der Waals surface area (Å²) in [5, 5.41) is 12.2. The van der Waals surface area contributed by atoms with Gasteiger partial charge in [-0.15, -0.1) is 0 Å². The number of carbonyl (C=O) groups excluding carboxylic acids is 1. The first-order valence-corrected chi connectivity index (χ1v) is 6.89. The van der Waals surface area contributed by atoms with E-state index in [1.807, 2.05) is 31.2 Å². The Labute approximate surface area is 118 Å². The van der Waals surface area contributed by atoms with Crippen LogP contribution < -0.4 is 5.32 Å². The van der Waals surface area contributed by atoms with Gasteiger partial charge in [-0.3, -0.25) is 0 Å². The fraction of sp³-hybridized carbons (Fsp3) is 0.467. The van der Waals surface area contributed by atoms with Crippen LogP contribution in [-0.2, 0) is 11.2 Å². The summed E-state index contributed by atoms with van der Waals surface area (Å²) in [6.07, 6.45) is 2.02. The molecule has 2 N–H and O–H groups in total. The van der Waals surface area contributed by atoms with E-state index in [2.05, 4.69) is 5.32 Å².